The number of ether oxygens (including phenoxy) is 1. The fourth-order valence-corrected chi connectivity index (χ4v) is 6.50. The first-order valence-electron chi connectivity index (χ1n) is 10.3. The lowest BCUT2D eigenvalue weighted by molar-refractivity contribution is 0.411. The topological polar surface area (TPSA) is 58.6 Å². The minimum atomic E-state index is -3.41. The van der Waals surface area contributed by atoms with Crippen molar-refractivity contribution in [2.75, 3.05) is 25.5 Å². The molecule has 1 saturated heterocycles. The Morgan fingerprint density at radius 2 is 1.83 bits per heavy atom. The number of benzene rings is 2. The Kier molecular flexibility index (Phi) is 4.63. The molecule has 152 valence electrons. The molecule has 0 bridgehead atoms. The molecule has 1 aliphatic carbocycles. The molecule has 0 saturated carbocycles. The highest BCUT2D eigenvalue weighted by Gasteiger charge is 2.39. The second-order valence-electron chi connectivity index (χ2n) is 8.11. The van der Waals surface area contributed by atoms with Gasteiger partial charge in [0.15, 0.2) is 0 Å². The molecule has 2 aromatic carbocycles. The molecule has 2 heterocycles. The van der Waals surface area contributed by atoms with E-state index in [4.69, 9.17) is 4.74 Å². The molecule has 0 spiro atoms. The van der Waals surface area contributed by atoms with Crippen LogP contribution in [0.3, 0.4) is 0 Å². The molecule has 0 radical (unpaired) electrons. The van der Waals surface area contributed by atoms with Crippen molar-refractivity contribution in [1.82, 2.24) is 4.31 Å². The van der Waals surface area contributed by atoms with E-state index in [0.717, 1.165) is 36.3 Å². The van der Waals surface area contributed by atoms with Crippen molar-refractivity contribution >= 4 is 15.7 Å². The van der Waals surface area contributed by atoms with E-state index >= 15 is 0 Å². The highest BCUT2D eigenvalue weighted by atomic mass is 32.2. The average molecular weight is 411 g/mol. The zero-order valence-electron chi connectivity index (χ0n) is 16.5. The SMILES string of the molecule is COc1ccc(C2Nc3ccc(S(=O)(=O)N4CCCC4)cc3C3C=CCC32)cc1. The summed E-state index contributed by atoms with van der Waals surface area (Å²) in [5.74, 6) is 1.45. The highest BCUT2D eigenvalue weighted by molar-refractivity contribution is 7.89. The molecule has 3 aliphatic rings. The lowest BCUT2D eigenvalue weighted by Gasteiger charge is -2.38. The van der Waals surface area contributed by atoms with E-state index in [0.29, 0.717) is 23.9 Å². The van der Waals surface area contributed by atoms with Gasteiger partial charge in [-0.1, -0.05) is 24.3 Å². The first-order valence-corrected chi connectivity index (χ1v) is 11.7. The maximum atomic E-state index is 13.0. The molecule has 5 rings (SSSR count). The largest absolute Gasteiger partial charge is 0.497 e. The Morgan fingerprint density at radius 1 is 1.07 bits per heavy atom. The average Bonchev–Trinajstić information content (AvgIpc) is 3.45. The summed E-state index contributed by atoms with van der Waals surface area (Å²) in [4.78, 5) is 0.418. The third-order valence-electron chi connectivity index (χ3n) is 6.51. The van der Waals surface area contributed by atoms with E-state index in [2.05, 4.69) is 29.6 Å². The van der Waals surface area contributed by atoms with Crippen molar-refractivity contribution in [2.24, 2.45) is 5.92 Å². The van der Waals surface area contributed by atoms with Crippen LogP contribution in [0.4, 0.5) is 5.69 Å². The van der Waals surface area contributed by atoms with E-state index in [1.165, 1.54) is 5.56 Å². The Bertz CT molecular complexity index is 1040. The molecule has 1 N–H and O–H groups in total. The maximum absolute atomic E-state index is 13.0. The van der Waals surface area contributed by atoms with Gasteiger partial charge in [-0.2, -0.15) is 4.31 Å². The second-order valence-corrected chi connectivity index (χ2v) is 10.0. The maximum Gasteiger partial charge on any atom is 0.243 e. The van der Waals surface area contributed by atoms with Gasteiger partial charge in [-0.05, 0) is 66.6 Å². The van der Waals surface area contributed by atoms with Crippen LogP contribution in [0.15, 0.2) is 59.5 Å². The van der Waals surface area contributed by atoms with Crippen LogP contribution in [-0.2, 0) is 10.0 Å². The van der Waals surface area contributed by atoms with Crippen molar-refractivity contribution in [3.63, 3.8) is 0 Å². The number of nitrogens with zero attached hydrogens (tertiary/aromatic N) is 1. The van der Waals surface area contributed by atoms with Gasteiger partial charge in [-0.3, -0.25) is 0 Å². The fourth-order valence-electron chi connectivity index (χ4n) is 4.95. The molecule has 2 aromatic rings. The molecule has 3 atom stereocenters. The molecule has 29 heavy (non-hydrogen) atoms. The normalized spacial score (nSPS) is 26.0. The van der Waals surface area contributed by atoms with Gasteiger partial charge in [0.25, 0.3) is 0 Å². The number of allylic oxidation sites excluding steroid dienone is 2. The zero-order valence-corrected chi connectivity index (χ0v) is 17.4. The summed E-state index contributed by atoms with van der Waals surface area (Å²) in [5, 5.41) is 3.68. The Balaban J connectivity index is 1.50. The summed E-state index contributed by atoms with van der Waals surface area (Å²) in [7, 11) is -1.73. The summed E-state index contributed by atoms with van der Waals surface area (Å²) in [6, 6.07) is 14.0. The number of nitrogens with one attached hydrogen (secondary N) is 1. The molecule has 6 heteroatoms. The van der Waals surface area contributed by atoms with Crippen molar-refractivity contribution in [1.29, 1.82) is 0 Å². The summed E-state index contributed by atoms with van der Waals surface area (Å²) < 4.78 is 33.0. The molecule has 3 unspecified atom stereocenters. The number of sulfonamides is 1. The zero-order chi connectivity index (χ0) is 20.0. The second kappa shape index (κ2) is 7.18. The van der Waals surface area contributed by atoms with Crippen molar-refractivity contribution in [3.8, 4) is 5.75 Å². The molecule has 5 nitrogen and oxygen atoms in total. The van der Waals surface area contributed by atoms with Crippen molar-refractivity contribution in [3.05, 3.63) is 65.7 Å². The van der Waals surface area contributed by atoms with E-state index < -0.39 is 10.0 Å². The van der Waals surface area contributed by atoms with E-state index in [1.54, 1.807) is 17.5 Å². The van der Waals surface area contributed by atoms with Gasteiger partial charge in [0.1, 0.15) is 5.75 Å². The number of hydrogen-bond acceptors (Lipinski definition) is 4. The predicted octanol–water partition coefficient (Wildman–Crippen LogP) is 4.31. The van der Waals surface area contributed by atoms with E-state index in [9.17, 15) is 8.42 Å². The van der Waals surface area contributed by atoms with E-state index in [-0.39, 0.29) is 12.0 Å². The van der Waals surface area contributed by atoms with Gasteiger partial charge in [0.2, 0.25) is 10.0 Å². The lowest BCUT2D eigenvalue weighted by atomic mass is 9.77. The smallest absolute Gasteiger partial charge is 0.243 e. The minimum Gasteiger partial charge on any atom is -0.497 e. The first kappa shape index (κ1) is 18.7. The lowest BCUT2D eigenvalue weighted by Crippen LogP contribution is -2.30. The van der Waals surface area contributed by atoms with Crippen LogP contribution in [-0.4, -0.2) is 32.9 Å². The molecular formula is C23H26N2O3S. The van der Waals surface area contributed by atoms with Crippen LogP contribution in [0.2, 0.25) is 0 Å². The van der Waals surface area contributed by atoms with Gasteiger partial charge in [0, 0.05) is 24.7 Å². The quantitative estimate of drug-likeness (QED) is 0.764. The molecule has 2 aliphatic heterocycles. The molecule has 0 aromatic heterocycles. The number of hydrogen-bond donors (Lipinski definition) is 1. The standard InChI is InChI=1S/C23H26N2O3S/c1-28-17-9-7-16(8-10-17)23-20-6-4-5-19(20)21-15-18(11-12-22(21)24-23)29(26,27)25-13-2-3-14-25/h4-5,7-12,15,19-20,23-24H,2-3,6,13-14H2,1H3. The Hall–Kier alpha value is -2.31. The molecule has 1 fully saturated rings. The van der Waals surface area contributed by atoms with Crippen LogP contribution in [0, 0.1) is 5.92 Å². The van der Waals surface area contributed by atoms with Crippen LogP contribution in [0.5, 0.6) is 5.75 Å². The number of fused-ring (bicyclic) bond motifs is 3. The van der Waals surface area contributed by atoms with Gasteiger partial charge in [-0.25, -0.2) is 8.42 Å². The van der Waals surface area contributed by atoms with Gasteiger partial charge >= 0.3 is 0 Å². The van der Waals surface area contributed by atoms with Crippen LogP contribution >= 0.6 is 0 Å². The van der Waals surface area contributed by atoms with Gasteiger partial charge in [0.05, 0.1) is 18.0 Å². The summed E-state index contributed by atoms with van der Waals surface area (Å²) in [6.07, 6.45) is 7.35. The summed E-state index contributed by atoms with van der Waals surface area (Å²) in [5.41, 5.74) is 3.34. The van der Waals surface area contributed by atoms with E-state index in [1.807, 2.05) is 24.3 Å². The van der Waals surface area contributed by atoms with Crippen LogP contribution in [0.25, 0.3) is 0 Å². The fraction of sp³-hybridized carbons (Fsp3) is 0.391. The summed E-state index contributed by atoms with van der Waals surface area (Å²) in [6.45, 7) is 1.26. The Labute approximate surface area is 172 Å². The number of anilines is 1. The number of rotatable bonds is 4. The van der Waals surface area contributed by atoms with Gasteiger partial charge < -0.3 is 10.1 Å². The third kappa shape index (κ3) is 3.15. The molecular weight excluding hydrogens is 384 g/mol. The van der Waals surface area contributed by atoms with Crippen molar-refractivity contribution < 1.29 is 13.2 Å². The summed E-state index contributed by atoms with van der Waals surface area (Å²) >= 11 is 0. The predicted molar refractivity (Wildman–Crippen MR) is 114 cm³/mol. The Morgan fingerprint density at radius 3 is 2.55 bits per heavy atom. The third-order valence-corrected chi connectivity index (χ3v) is 8.41. The van der Waals surface area contributed by atoms with Gasteiger partial charge in [-0.15, -0.1) is 0 Å². The number of methoxy groups -OCH3 is 1. The highest BCUT2D eigenvalue weighted by Crippen LogP contribution is 2.50. The van der Waals surface area contributed by atoms with Crippen LogP contribution < -0.4 is 10.1 Å². The monoisotopic (exact) mass is 410 g/mol. The first-order chi connectivity index (χ1) is 14.1. The van der Waals surface area contributed by atoms with Crippen LogP contribution in [0.1, 0.15) is 42.3 Å². The van der Waals surface area contributed by atoms with Crippen molar-refractivity contribution in [2.45, 2.75) is 36.1 Å². The molecule has 0 amide bonds. The minimum absolute atomic E-state index is 0.189.